The van der Waals surface area contributed by atoms with Crippen LogP contribution in [0.3, 0.4) is 0 Å². The van der Waals surface area contributed by atoms with Crippen LogP contribution in [0.5, 0.6) is 0 Å². The van der Waals surface area contributed by atoms with Gasteiger partial charge in [0.2, 0.25) is 0 Å². The van der Waals surface area contributed by atoms with Crippen LogP contribution in [0, 0.1) is 0 Å². The van der Waals surface area contributed by atoms with Crippen molar-refractivity contribution >= 4 is 49.2 Å². The minimum Gasteiger partial charge on any atom is -0.465 e. The molecule has 1 N–H and O–H groups in total. The van der Waals surface area contributed by atoms with Crippen molar-refractivity contribution in [2.45, 2.75) is 24.8 Å². The van der Waals surface area contributed by atoms with Crippen molar-refractivity contribution < 1.29 is 27.5 Å². The molecule has 0 aliphatic heterocycles. The van der Waals surface area contributed by atoms with Gasteiger partial charge in [-0.3, -0.25) is 14.1 Å². The number of nitrogens with one attached hydrogen (secondary N) is 1. The van der Waals surface area contributed by atoms with E-state index in [1.165, 1.54) is 37.4 Å². The summed E-state index contributed by atoms with van der Waals surface area (Å²) in [5.74, 6) is -1.47. The van der Waals surface area contributed by atoms with Gasteiger partial charge in [0.15, 0.2) is 0 Å². The smallest absolute Gasteiger partial charge is 0.339 e. The van der Waals surface area contributed by atoms with Crippen LogP contribution in [0.25, 0.3) is 10.2 Å². The fourth-order valence-corrected chi connectivity index (χ4v) is 5.14. The minimum absolute atomic E-state index is 0.0539. The molecule has 0 radical (unpaired) electrons. The fraction of sp³-hybridized carbons (Fsp3) is 0.250. The molecule has 0 saturated carbocycles. The largest absolute Gasteiger partial charge is 0.465 e. The standard InChI is InChI=1S/C20H20N2O7S2/c1-4-9-22-16-8-6-13(11-17(16)30-20(22)25)31(26,27)21-15-10-12(18(23)28-2)5-7-14(15)19(24)29-3/h5-8,10-11,21H,4,9H2,1-3H3. The lowest BCUT2D eigenvalue weighted by Gasteiger charge is -2.13. The van der Waals surface area contributed by atoms with Crippen LogP contribution in [0.15, 0.2) is 46.1 Å². The number of esters is 2. The van der Waals surface area contributed by atoms with Crippen molar-refractivity contribution in [1.82, 2.24) is 4.57 Å². The summed E-state index contributed by atoms with van der Waals surface area (Å²) in [5, 5.41) is 0. The molecule has 0 amide bonds. The highest BCUT2D eigenvalue weighted by Crippen LogP contribution is 2.26. The van der Waals surface area contributed by atoms with Gasteiger partial charge in [0.1, 0.15) is 0 Å². The van der Waals surface area contributed by atoms with Crippen LogP contribution in [0.1, 0.15) is 34.1 Å². The maximum atomic E-state index is 13.0. The van der Waals surface area contributed by atoms with Gasteiger partial charge in [-0.2, -0.15) is 0 Å². The summed E-state index contributed by atoms with van der Waals surface area (Å²) in [7, 11) is -1.80. The van der Waals surface area contributed by atoms with Gasteiger partial charge in [-0.05, 0) is 42.8 Å². The maximum Gasteiger partial charge on any atom is 0.339 e. The molecular weight excluding hydrogens is 444 g/mol. The third kappa shape index (κ3) is 4.47. The average Bonchev–Trinajstić information content (AvgIpc) is 3.07. The number of fused-ring (bicyclic) bond motifs is 1. The number of benzene rings is 2. The third-order valence-electron chi connectivity index (χ3n) is 4.49. The van der Waals surface area contributed by atoms with Gasteiger partial charge in [0, 0.05) is 6.54 Å². The second-order valence-corrected chi connectivity index (χ2v) is 9.17. The van der Waals surface area contributed by atoms with Crippen molar-refractivity contribution in [2.75, 3.05) is 18.9 Å². The van der Waals surface area contributed by atoms with Gasteiger partial charge >= 0.3 is 16.8 Å². The molecule has 9 nitrogen and oxygen atoms in total. The van der Waals surface area contributed by atoms with Crippen molar-refractivity contribution in [3.8, 4) is 0 Å². The molecule has 0 aliphatic carbocycles. The van der Waals surface area contributed by atoms with E-state index in [-0.39, 0.29) is 26.6 Å². The highest BCUT2D eigenvalue weighted by Gasteiger charge is 2.22. The predicted molar refractivity (Wildman–Crippen MR) is 116 cm³/mol. The summed E-state index contributed by atoms with van der Waals surface area (Å²) in [6, 6.07) is 8.16. The average molecular weight is 465 g/mol. The summed E-state index contributed by atoms with van der Waals surface area (Å²) in [6.07, 6.45) is 0.764. The van der Waals surface area contributed by atoms with Gasteiger partial charge in [-0.25, -0.2) is 18.0 Å². The van der Waals surface area contributed by atoms with Gasteiger partial charge in [-0.1, -0.05) is 18.3 Å². The van der Waals surface area contributed by atoms with E-state index in [2.05, 4.69) is 9.46 Å². The van der Waals surface area contributed by atoms with Crippen LogP contribution >= 0.6 is 11.3 Å². The highest BCUT2D eigenvalue weighted by atomic mass is 32.2. The number of ether oxygens (including phenoxy) is 2. The molecule has 3 aromatic rings. The molecule has 2 aromatic carbocycles. The molecule has 0 unspecified atom stereocenters. The summed E-state index contributed by atoms with van der Waals surface area (Å²) >= 11 is 0.956. The van der Waals surface area contributed by atoms with Gasteiger partial charge in [-0.15, -0.1) is 0 Å². The van der Waals surface area contributed by atoms with E-state index in [0.717, 1.165) is 24.9 Å². The predicted octanol–water partition coefficient (Wildman–Crippen LogP) is 2.85. The Morgan fingerprint density at radius 2 is 1.77 bits per heavy atom. The quantitative estimate of drug-likeness (QED) is 0.534. The zero-order chi connectivity index (χ0) is 22.8. The molecule has 11 heteroatoms. The molecule has 1 heterocycles. The fourth-order valence-electron chi connectivity index (χ4n) is 3.01. The van der Waals surface area contributed by atoms with E-state index < -0.39 is 22.0 Å². The second kappa shape index (κ2) is 8.90. The van der Waals surface area contributed by atoms with Crippen molar-refractivity contribution in [1.29, 1.82) is 0 Å². The number of methoxy groups -OCH3 is 2. The Kier molecular flexibility index (Phi) is 6.46. The second-order valence-electron chi connectivity index (χ2n) is 6.50. The SMILES string of the molecule is CCCn1c(=O)sc2cc(S(=O)(=O)Nc3cc(C(=O)OC)ccc3C(=O)OC)ccc21. The first-order chi connectivity index (χ1) is 14.7. The van der Waals surface area contributed by atoms with Gasteiger partial charge < -0.3 is 9.47 Å². The van der Waals surface area contributed by atoms with Crippen LogP contribution in [0.2, 0.25) is 0 Å². The number of hydrogen-bond donors (Lipinski definition) is 1. The molecule has 0 atom stereocenters. The number of carbonyl (C=O) groups is 2. The van der Waals surface area contributed by atoms with Crippen LogP contribution in [-0.4, -0.2) is 39.1 Å². The Balaban J connectivity index is 2.06. The van der Waals surface area contributed by atoms with Crippen molar-refractivity contribution in [3.05, 3.63) is 57.2 Å². The molecule has 1 aromatic heterocycles. The molecule has 0 fully saturated rings. The third-order valence-corrected chi connectivity index (χ3v) is 6.79. The zero-order valence-corrected chi connectivity index (χ0v) is 18.6. The Morgan fingerprint density at radius 3 is 2.42 bits per heavy atom. The van der Waals surface area contributed by atoms with Crippen molar-refractivity contribution in [2.24, 2.45) is 0 Å². The Morgan fingerprint density at radius 1 is 1.06 bits per heavy atom. The lowest BCUT2D eigenvalue weighted by atomic mass is 10.1. The monoisotopic (exact) mass is 464 g/mol. The van der Waals surface area contributed by atoms with E-state index in [9.17, 15) is 22.8 Å². The summed E-state index contributed by atoms with van der Waals surface area (Å²) < 4.78 is 39.8. The first kappa shape index (κ1) is 22.5. The summed E-state index contributed by atoms with van der Waals surface area (Å²) in [5.41, 5.74) is 0.502. The zero-order valence-electron chi connectivity index (χ0n) is 17.0. The maximum absolute atomic E-state index is 13.0. The number of sulfonamides is 1. The number of aromatic nitrogens is 1. The van der Waals surface area contributed by atoms with Crippen LogP contribution < -0.4 is 9.60 Å². The van der Waals surface area contributed by atoms with E-state index in [4.69, 9.17) is 4.74 Å². The van der Waals surface area contributed by atoms with Gasteiger partial charge in [0.25, 0.3) is 10.0 Å². The summed E-state index contributed by atoms with van der Waals surface area (Å²) in [4.78, 5) is 35.8. The molecular formula is C20H20N2O7S2. The molecule has 31 heavy (non-hydrogen) atoms. The molecule has 0 spiro atoms. The van der Waals surface area contributed by atoms with Crippen molar-refractivity contribution in [3.63, 3.8) is 0 Å². The number of rotatable bonds is 7. The first-order valence-corrected chi connectivity index (χ1v) is 11.5. The number of aryl methyl sites for hydroxylation is 1. The highest BCUT2D eigenvalue weighted by molar-refractivity contribution is 7.92. The number of anilines is 1. The number of carbonyl (C=O) groups excluding carboxylic acids is 2. The van der Waals surface area contributed by atoms with Gasteiger partial charge in [0.05, 0.1) is 46.1 Å². The molecule has 3 rings (SSSR count). The van der Waals surface area contributed by atoms with E-state index in [1.807, 2.05) is 6.92 Å². The lowest BCUT2D eigenvalue weighted by Crippen LogP contribution is -2.17. The van der Waals surface area contributed by atoms with Crippen LogP contribution in [-0.2, 0) is 26.0 Å². The normalized spacial score (nSPS) is 11.3. The molecule has 0 aliphatic rings. The van der Waals surface area contributed by atoms with E-state index in [1.54, 1.807) is 10.6 Å². The Labute approximate surface area is 182 Å². The number of thiazole rings is 1. The molecule has 0 bridgehead atoms. The van der Waals surface area contributed by atoms with E-state index >= 15 is 0 Å². The topological polar surface area (TPSA) is 121 Å². The Bertz CT molecular complexity index is 1320. The number of hydrogen-bond acceptors (Lipinski definition) is 8. The lowest BCUT2D eigenvalue weighted by molar-refractivity contribution is 0.0587. The molecule has 164 valence electrons. The summed E-state index contributed by atoms with van der Waals surface area (Å²) in [6.45, 7) is 2.48. The Hall–Kier alpha value is -3.18. The molecule has 0 saturated heterocycles. The first-order valence-electron chi connectivity index (χ1n) is 9.18. The van der Waals surface area contributed by atoms with E-state index in [0.29, 0.717) is 16.8 Å². The van der Waals surface area contributed by atoms with Crippen LogP contribution in [0.4, 0.5) is 5.69 Å². The number of nitrogens with zero attached hydrogens (tertiary/aromatic N) is 1. The minimum atomic E-state index is -4.15.